The molecule has 12 heteroatoms. The molecule has 0 aromatic heterocycles. The van der Waals surface area contributed by atoms with Crippen molar-refractivity contribution < 1.29 is 53.8 Å². The molecule has 54 heavy (non-hydrogen) atoms. The van der Waals surface area contributed by atoms with E-state index in [1.165, 1.54) is 7.11 Å². The van der Waals surface area contributed by atoms with E-state index in [0.29, 0.717) is 41.7 Å². The van der Waals surface area contributed by atoms with E-state index in [2.05, 4.69) is 12.2 Å². The zero-order chi connectivity index (χ0) is 38.9. The number of aliphatic carboxylic acids is 1. The van der Waals surface area contributed by atoms with Crippen LogP contribution in [0.4, 0.5) is 0 Å². The van der Waals surface area contributed by atoms with Crippen molar-refractivity contribution in [3.05, 3.63) is 45.6 Å². The highest BCUT2D eigenvalue weighted by Gasteiger charge is 2.70. The van der Waals surface area contributed by atoms with Crippen LogP contribution in [0.25, 0.3) is 0 Å². The largest absolute Gasteiger partial charge is 0.507 e. The number of allylic oxidation sites excluding steroid dienone is 2. The Hall–Kier alpha value is -3.90. The van der Waals surface area contributed by atoms with Crippen molar-refractivity contribution in [1.82, 2.24) is 5.32 Å². The number of carboxylic acids is 1. The van der Waals surface area contributed by atoms with Crippen molar-refractivity contribution in [2.24, 2.45) is 40.4 Å². The standard InChI is InChI=1S/C42H55NO11/c1-21(6-8-27-36(47)35-28(20-54-39(35)50)22(2)37(27)52-5)14-23(38(48)49)15-33(45)43-26-10-12-40(3)25(17-26)7-9-30-31(40)18-32(44)41(4)29(11-13-42(30,41)51)24-16-34(46)53-19-24/h6,16,23,25-26,29-32,44,47,51H,7-15,17-20H2,1-5H3,(H,43,45)(H,48,49)/b21-6+/t23-,25?,26-,29?,30?,31?,32?,40?,41?,42?/m0/s1. The summed E-state index contributed by atoms with van der Waals surface area (Å²) in [6.07, 6.45) is 8.73. The lowest BCUT2D eigenvalue weighted by Gasteiger charge is -2.65. The van der Waals surface area contributed by atoms with Gasteiger partial charge in [-0.15, -0.1) is 0 Å². The maximum Gasteiger partial charge on any atom is 0.342 e. The number of amides is 1. The van der Waals surface area contributed by atoms with Crippen LogP contribution < -0.4 is 10.1 Å². The van der Waals surface area contributed by atoms with Gasteiger partial charge in [0.25, 0.3) is 0 Å². The quantitative estimate of drug-likeness (QED) is 0.159. The SMILES string of the molecule is COc1c(C)c2c(c(O)c1C/C=C(\C)C[C@@H](CC(=O)N[C@H]1CCC3(C)C(CCC4C3CC(O)C3(C)C(C5=CC(=O)OC5)CCC43O)C1)C(=O)O)C(=O)OC2. The number of fused-ring (bicyclic) bond motifs is 6. The first-order valence-electron chi connectivity index (χ1n) is 19.6. The Morgan fingerprint density at radius 2 is 1.81 bits per heavy atom. The highest BCUT2D eigenvalue weighted by molar-refractivity contribution is 5.98. The van der Waals surface area contributed by atoms with Gasteiger partial charge in [-0.05, 0) is 118 Å². The van der Waals surface area contributed by atoms with Crippen LogP contribution in [-0.4, -0.2) is 75.7 Å². The second-order valence-electron chi connectivity index (χ2n) is 17.5. The summed E-state index contributed by atoms with van der Waals surface area (Å²) < 4.78 is 15.9. The van der Waals surface area contributed by atoms with E-state index in [1.807, 2.05) is 6.92 Å². The summed E-state index contributed by atoms with van der Waals surface area (Å²) >= 11 is 0. The van der Waals surface area contributed by atoms with Crippen LogP contribution in [0.1, 0.15) is 112 Å². The van der Waals surface area contributed by atoms with E-state index >= 15 is 0 Å². The third kappa shape index (κ3) is 6.02. The van der Waals surface area contributed by atoms with Gasteiger partial charge in [0.2, 0.25) is 5.91 Å². The number of aliphatic hydroxyl groups excluding tert-OH is 1. The van der Waals surface area contributed by atoms with Crippen molar-refractivity contribution >= 4 is 23.8 Å². The Labute approximate surface area is 316 Å². The molecule has 2 heterocycles. The number of hydrogen-bond donors (Lipinski definition) is 5. The predicted molar refractivity (Wildman–Crippen MR) is 195 cm³/mol. The Morgan fingerprint density at radius 1 is 1.06 bits per heavy atom. The molecule has 8 unspecified atom stereocenters. The first-order valence-corrected chi connectivity index (χ1v) is 19.6. The maximum absolute atomic E-state index is 13.4. The number of hydrogen-bond acceptors (Lipinski definition) is 10. The van der Waals surface area contributed by atoms with Crippen LogP contribution in [0.15, 0.2) is 23.3 Å². The van der Waals surface area contributed by atoms with Gasteiger partial charge in [-0.25, -0.2) is 9.59 Å². The average Bonchev–Trinajstić information content (AvgIpc) is 3.81. The normalized spacial score (nSPS) is 36.2. The fraction of sp³-hybridized carbons (Fsp3) is 0.667. The zero-order valence-corrected chi connectivity index (χ0v) is 32.0. The predicted octanol–water partition coefficient (Wildman–Crippen LogP) is 5.06. The summed E-state index contributed by atoms with van der Waals surface area (Å²) in [6, 6.07) is -0.0899. The van der Waals surface area contributed by atoms with E-state index in [1.54, 1.807) is 26.0 Å². The number of aliphatic hydroxyl groups is 2. The smallest absolute Gasteiger partial charge is 0.342 e. The Morgan fingerprint density at radius 3 is 2.50 bits per heavy atom. The monoisotopic (exact) mass is 749 g/mol. The van der Waals surface area contributed by atoms with Crippen LogP contribution in [0.5, 0.6) is 11.5 Å². The van der Waals surface area contributed by atoms with Crippen LogP contribution in [-0.2, 0) is 36.9 Å². The zero-order valence-electron chi connectivity index (χ0n) is 32.0. The third-order valence-corrected chi connectivity index (χ3v) is 15.1. The van der Waals surface area contributed by atoms with E-state index in [9.17, 15) is 39.6 Å². The molecule has 0 spiro atoms. The molecule has 5 N–H and O–H groups in total. The molecule has 1 aromatic rings. The molecule has 4 fully saturated rings. The number of rotatable bonds is 10. The molecular weight excluding hydrogens is 694 g/mol. The van der Waals surface area contributed by atoms with Gasteiger partial charge in [0.1, 0.15) is 30.3 Å². The molecule has 10 atom stereocenters. The minimum Gasteiger partial charge on any atom is -0.507 e. The number of phenolic OH excluding ortho intramolecular Hbond substituents is 1. The fourth-order valence-electron chi connectivity index (χ4n) is 12.1. The summed E-state index contributed by atoms with van der Waals surface area (Å²) in [5, 5.41) is 48.5. The van der Waals surface area contributed by atoms with Crippen LogP contribution in [0.2, 0.25) is 0 Å². The van der Waals surface area contributed by atoms with Crippen molar-refractivity contribution in [3.63, 3.8) is 0 Å². The number of ether oxygens (including phenoxy) is 3. The molecule has 4 aliphatic carbocycles. The summed E-state index contributed by atoms with van der Waals surface area (Å²) in [6.45, 7) is 8.19. The number of nitrogens with one attached hydrogen (secondary N) is 1. The molecule has 4 saturated carbocycles. The second kappa shape index (κ2) is 14.0. The van der Waals surface area contributed by atoms with Crippen LogP contribution in [0, 0.1) is 47.3 Å². The van der Waals surface area contributed by atoms with Gasteiger partial charge in [-0.2, -0.15) is 0 Å². The van der Waals surface area contributed by atoms with Gasteiger partial charge in [-0.1, -0.05) is 25.5 Å². The highest BCUT2D eigenvalue weighted by Crippen LogP contribution is 2.70. The maximum atomic E-state index is 13.4. The number of esters is 2. The average molecular weight is 750 g/mol. The number of carboxylic acid groups (broad SMARTS) is 1. The van der Waals surface area contributed by atoms with E-state index in [4.69, 9.17) is 14.2 Å². The molecular formula is C42H55NO11. The summed E-state index contributed by atoms with van der Waals surface area (Å²) in [4.78, 5) is 49.9. The lowest BCUT2D eigenvalue weighted by molar-refractivity contribution is -0.243. The summed E-state index contributed by atoms with van der Waals surface area (Å²) in [5.74, 6) is -2.67. The van der Waals surface area contributed by atoms with Gasteiger partial charge in [0, 0.05) is 35.1 Å². The lowest BCUT2D eigenvalue weighted by Crippen LogP contribution is -2.67. The first-order chi connectivity index (χ1) is 25.5. The second-order valence-corrected chi connectivity index (χ2v) is 17.5. The molecule has 7 rings (SSSR count). The molecule has 2 aliphatic heterocycles. The number of cyclic esters (lactones) is 2. The molecule has 12 nitrogen and oxygen atoms in total. The van der Waals surface area contributed by atoms with E-state index < -0.39 is 35.0 Å². The van der Waals surface area contributed by atoms with Crippen LogP contribution in [0.3, 0.4) is 0 Å². The van der Waals surface area contributed by atoms with Crippen molar-refractivity contribution in [2.75, 3.05) is 13.7 Å². The topological polar surface area (TPSA) is 189 Å². The number of methoxy groups -OCH3 is 1. The third-order valence-electron chi connectivity index (χ3n) is 15.1. The first kappa shape index (κ1) is 38.4. The van der Waals surface area contributed by atoms with Gasteiger partial charge < -0.3 is 40.0 Å². The molecule has 0 bridgehead atoms. The van der Waals surface area contributed by atoms with E-state index in [0.717, 1.165) is 43.3 Å². The van der Waals surface area contributed by atoms with Gasteiger partial charge >= 0.3 is 17.9 Å². The summed E-state index contributed by atoms with van der Waals surface area (Å²) in [7, 11) is 1.49. The molecule has 0 saturated heterocycles. The molecule has 0 radical (unpaired) electrons. The number of carbonyl (C=O) groups is 4. The molecule has 1 amide bonds. The minimum absolute atomic E-state index is 0.0304. The van der Waals surface area contributed by atoms with Gasteiger partial charge in [0.05, 0.1) is 24.7 Å². The van der Waals surface area contributed by atoms with Crippen molar-refractivity contribution in [3.8, 4) is 11.5 Å². The Kier molecular flexibility index (Phi) is 9.94. The Bertz CT molecular complexity index is 1820. The van der Waals surface area contributed by atoms with Crippen molar-refractivity contribution in [1.29, 1.82) is 0 Å². The Balaban J connectivity index is 0.976. The van der Waals surface area contributed by atoms with Crippen LogP contribution >= 0.6 is 0 Å². The fourth-order valence-corrected chi connectivity index (χ4v) is 12.1. The molecule has 6 aliphatic rings. The highest BCUT2D eigenvalue weighted by atomic mass is 16.5. The van der Waals surface area contributed by atoms with Gasteiger partial charge in [-0.3, -0.25) is 9.59 Å². The minimum atomic E-state index is -1.07. The number of phenols is 1. The van der Waals surface area contributed by atoms with Gasteiger partial charge in [0.15, 0.2) is 0 Å². The number of aromatic hydroxyl groups is 1. The summed E-state index contributed by atoms with van der Waals surface area (Å²) in [5.41, 5.74) is 1.53. The molecule has 294 valence electrons. The number of carbonyl (C=O) groups excluding carboxylic acids is 3. The lowest BCUT2D eigenvalue weighted by atomic mass is 9.42. The van der Waals surface area contributed by atoms with Crippen molar-refractivity contribution in [2.45, 2.75) is 123 Å². The molecule has 1 aromatic carbocycles. The number of benzene rings is 1. The van der Waals surface area contributed by atoms with E-state index in [-0.39, 0.29) is 90.8 Å².